The first-order chi connectivity index (χ1) is 11.5. The van der Waals surface area contributed by atoms with Crippen molar-refractivity contribution < 1.29 is 35.9 Å². The van der Waals surface area contributed by atoms with Crippen LogP contribution in [0.2, 0.25) is 0 Å². The number of carbonyl (C=O) groups is 2. The van der Waals surface area contributed by atoms with Crippen LogP contribution in [-0.2, 0) is 17.1 Å². The lowest BCUT2D eigenvalue weighted by Gasteiger charge is -2.20. The molecule has 0 bridgehead atoms. The first kappa shape index (κ1) is 17.0. The minimum atomic E-state index is -5.05. The molecule has 0 aliphatic carbocycles. The summed E-state index contributed by atoms with van der Waals surface area (Å²) in [6.45, 7) is 0. The highest BCUT2D eigenvalue weighted by Gasteiger charge is 2.41. The van der Waals surface area contributed by atoms with E-state index in [1.807, 2.05) is 0 Å². The third-order valence-electron chi connectivity index (χ3n) is 3.62. The smallest absolute Gasteiger partial charge is 0.283 e. The van der Waals surface area contributed by atoms with E-state index >= 15 is 0 Å². The number of benzene rings is 2. The maximum atomic E-state index is 13.0. The lowest BCUT2D eigenvalue weighted by Crippen LogP contribution is -2.26. The van der Waals surface area contributed by atoms with Crippen molar-refractivity contribution in [3.05, 3.63) is 59.2 Å². The Labute approximate surface area is 136 Å². The number of halogens is 6. The molecule has 0 fully saturated rings. The van der Waals surface area contributed by atoms with Gasteiger partial charge < -0.3 is 0 Å². The lowest BCUT2D eigenvalue weighted by atomic mass is 10.1. The van der Waals surface area contributed by atoms with E-state index in [2.05, 4.69) is 0 Å². The first-order valence-corrected chi connectivity index (χ1v) is 6.77. The molecular formula is C16H7F6NO2. The Morgan fingerprint density at radius 3 is 1.80 bits per heavy atom. The molecule has 0 N–H and O–H groups in total. The molecule has 0 aromatic heterocycles. The molecule has 0 spiro atoms. The van der Waals surface area contributed by atoms with Crippen LogP contribution in [0.25, 0.3) is 0 Å². The van der Waals surface area contributed by atoms with Crippen molar-refractivity contribution >= 4 is 23.1 Å². The molecule has 0 atom stereocenters. The summed E-state index contributed by atoms with van der Waals surface area (Å²) < 4.78 is 77.7. The predicted octanol–water partition coefficient (Wildman–Crippen LogP) is 4.59. The number of hydrogen-bond donors (Lipinski definition) is 0. The van der Waals surface area contributed by atoms with Gasteiger partial charge in [-0.2, -0.15) is 26.3 Å². The molecule has 9 heteroatoms. The van der Waals surface area contributed by atoms with Crippen molar-refractivity contribution in [2.75, 3.05) is 4.90 Å². The van der Waals surface area contributed by atoms with Crippen LogP contribution in [0.15, 0.2) is 42.5 Å². The van der Waals surface area contributed by atoms with Crippen LogP contribution in [0.4, 0.5) is 37.7 Å². The summed E-state index contributed by atoms with van der Waals surface area (Å²) in [5.74, 6) is -2.21. The van der Waals surface area contributed by atoms with Gasteiger partial charge in [-0.05, 0) is 30.3 Å². The molecule has 1 aliphatic rings. The van der Waals surface area contributed by atoms with Crippen molar-refractivity contribution in [2.45, 2.75) is 12.4 Å². The monoisotopic (exact) mass is 359 g/mol. The minimum Gasteiger partial charge on any atom is -0.283 e. The van der Waals surface area contributed by atoms with Gasteiger partial charge in [0.15, 0.2) is 0 Å². The number of carbonyl (C=O) groups excluding carboxylic acids is 2. The van der Waals surface area contributed by atoms with Crippen molar-refractivity contribution in [1.29, 1.82) is 0 Å². The van der Waals surface area contributed by atoms with E-state index in [1.54, 1.807) is 0 Å². The fraction of sp³-hybridized carbons (Fsp3) is 0.125. The molecule has 0 saturated carbocycles. The van der Waals surface area contributed by atoms with Gasteiger partial charge in [0.1, 0.15) is 0 Å². The number of nitrogens with zero attached hydrogens (tertiary/aromatic N) is 1. The van der Waals surface area contributed by atoms with Gasteiger partial charge in [-0.1, -0.05) is 12.1 Å². The van der Waals surface area contributed by atoms with Gasteiger partial charge >= 0.3 is 18.3 Å². The molecule has 1 heterocycles. The van der Waals surface area contributed by atoms with Crippen LogP contribution in [0.1, 0.15) is 21.5 Å². The topological polar surface area (TPSA) is 37.4 Å². The van der Waals surface area contributed by atoms with E-state index in [1.165, 1.54) is 24.3 Å². The Morgan fingerprint density at radius 2 is 1.28 bits per heavy atom. The summed E-state index contributed by atoms with van der Waals surface area (Å²) in [5.41, 5.74) is -3.96. The first-order valence-electron chi connectivity index (χ1n) is 6.77. The van der Waals surface area contributed by atoms with E-state index < -0.39 is 40.9 Å². The average molecular weight is 359 g/mol. The zero-order chi connectivity index (χ0) is 18.6. The van der Waals surface area contributed by atoms with Gasteiger partial charge in [0.2, 0.25) is 0 Å². The summed E-state index contributed by atoms with van der Waals surface area (Å²) in [6, 6.07) is 6.15. The molecular weight excluding hydrogens is 352 g/mol. The summed E-state index contributed by atoms with van der Waals surface area (Å²) in [7, 11) is 0. The van der Waals surface area contributed by atoms with E-state index in [0.29, 0.717) is 17.0 Å². The van der Waals surface area contributed by atoms with Crippen molar-refractivity contribution in [2.24, 2.45) is 0 Å². The Bertz CT molecular complexity index is 853. The highest BCUT2D eigenvalue weighted by atomic mass is 19.4. The number of anilines is 2. The van der Waals surface area contributed by atoms with Crippen LogP contribution in [-0.4, -0.2) is 11.7 Å². The molecule has 2 aromatic carbocycles. The van der Waals surface area contributed by atoms with Gasteiger partial charge in [0.25, 0.3) is 5.78 Å². The lowest BCUT2D eigenvalue weighted by molar-refractivity contribution is -0.143. The van der Waals surface area contributed by atoms with Crippen molar-refractivity contribution in [1.82, 2.24) is 0 Å². The molecule has 130 valence electrons. The normalized spacial score (nSPS) is 14.9. The molecule has 3 nitrogen and oxygen atoms in total. The fourth-order valence-corrected chi connectivity index (χ4v) is 2.51. The zero-order valence-electron chi connectivity index (χ0n) is 12.1. The second-order valence-electron chi connectivity index (χ2n) is 5.25. The van der Waals surface area contributed by atoms with Gasteiger partial charge in [0.05, 0.1) is 28.1 Å². The van der Waals surface area contributed by atoms with Crippen molar-refractivity contribution in [3.8, 4) is 0 Å². The number of rotatable bonds is 1. The number of ketones is 1. The van der Waals surface area contributed by atoms with E-state index in [4.69, 9.17) is 0 Å². The second-order valence-corrected chi connectivity index (χ2v) is 5.25. The van der Waals surface area contributed by atoms with Crippen LogP contribution < -0.4 is 4.90 Å². The third kappa shape index (κ3) is 2.86. The Kier molecular flexibility index (Phi) is 3.63. The third-order valence-corrected chi connectivity index (χ3v) is 3.62. The Morgan fingerprint density at radius 1 is 0.760 bits per heavy atom. The van der Waals surface area contributed by atoms with Crippen LogP contribution in [0.3, 0.4) is 0 Å². The summed E-state index contributed by atoms with van der Waals surface area (Å²) in [4.78, 5) is 24.6. The number of alkyl halides is 6. The largest absolute Gasteiger partial charge is 0.416 e. The summed E-state index contributed by atoms with van der Waals surface area (Å²) in [5, 5.41) is 0. The quantitative estimate of drug-likeness (QED) is 0.552. The molecule has 1 amide bonds. The van der Waals surface area contributed by atoms with Crippen LogP contribution >= 0.6 is 0 Å². The average Bonchev–Trinajstić information content (AvgIpc) is 2.77. The number of amides is 1. The van der Waals surface area contributed by atoms with E-state index in [9.17, 15) is 35.9 Å². The highest BCUT2D eigenvalue weighted by molar-refractivity contribution is 6.53. The maximum Gasteiger partial charge on any atom is 0.416 e. The van der Waals surface area contributed by atoms with E-state index in [0.717, 1.165) is 0 Å². The number of hydrogen-bond acceptors (Lipinski definition) is 2. The van der Waals surface area contributed by atoms with Gasteiger partial charge in [-0.3, -0.25) is 14.5 Å². The fourth-order valence-electron chi connectivity index (χ4n) is 2.51. The number of para-hydroxylation sites is 1. The van der Waals surface area contributed by atoms with Crippen molar-refractivity contribution in [3.63, 3.8) is 0 Å². The molecule has 1 aliphatic heterocycles. The number of fused-ring (bicyclic) bond motifs is 1. The van der Waals surface area contributed by atoms with Gasteiger partial charge in [-0.15, -0.1) is 0 Å². The molecule has 25 heavy (non-hydrogen) atoms. The molecule has 3 rings (SSSR count). The molecule has 2 aromatic rings. The van der Waals surface area contributed by atoms with Gasteiger partial charge in [-0.25, -0.2) is 0 Å². The van der Waals surface area contributed by atoms with Crippen LogP contribution in [0, 0.1) is 0 Å². The SMILES string of the molecule is O=C1C(=O)N(c2cc(C(F)(F)F)cc(C(F)(F)F)c2)c2ccccc21. The highest BCUT2D eigenvalue weighted by Crippen LogP contribution is 2.42. The molecule has 0 saturated heterocycles. The predicted molar refractivity (Wildman–Crippen MR) is 74.4 cm³/mol. The summed E-state index contributed by atoms with van der Waals surface area (Å²) in [6.07, 6.45) is -10.1. The standard InChI is InChI=1S/C16H7F6NO2/c17-15(18,19)8-5-9(16(20,21)22)7-10(6-8)23-12-4-2-1-3-11(12)13(24)14(23)25/h1-7H. The van der Waals surface area contributed by atoms with E-state index in [-0.39, 0.29) is 17.3 Å². The second kappa shape index (κ2) is 5.33. The Hall–Kier alpha value is -2.84. The zero-order valence-corrected chi connectivity index (χ0v) is 12.1. The van der Waals surface area contributed by atoms with Gasteiger partial charge in [0, 0.05) is 0 Å². The van der Waals surface area contributed by atoms with Crippen LogP contribution in [0.5, 0.6) is 0 Å². The maximum absolute atomic E-state index is 13.0. The Balaban J connectivity index is 2.24. The minimum absolute atomic E-state index is 0.0439. The summed E-state index contributed by atoms with van der Waals surface area (Å²) >= 11 is 0. The molecule has 0 radical (unpaired) electrons. The number of Topliss-reactive ketones (excluding diaryl/α,β-unsaturated/α-hetero) is 1. The molecule has 0 unspecified atom stereocenters.